The molecule has 0 saturated heterocycles. The minimum Gasteiger partial charge on any atom is -0.497 e. The van der Waals surface area contributed by atoms with Crippen molar-refractivity contribution in [1.82, 2.24) is 14.5 Å². The number of nitrogens with zero attached hydrogens (tertiary/aromatic N) is 3. The van der Waals surface area contributed by atoms with Gasteiger partial charge in [0.15, 0.2) is 0 Å². The normalized spacial score (nSPS) is 11.7. The van der Waals surface area contributed by atoms with E-state index in [0.717, 1.165) is 47.2 Å². The number of ether oxygens (including phenoxy) is 1. The molecule has 6 heteroatoms. The maximum atomic E-state index is 13.5. The highest BCUT2D eigenvalue weighted by Crippen LogP contribution is 2.33. The average Bonchev–Trinajstić information content (AvgIpc) is 3.14. The van der Waals surface area contributed by atoms with Crippen LogP contribution in [0.5, 0.6) is 5.75 Å². The van der Waals surface area contributed by atoms with Crippen LogP contribution in [0.1, 0.15) is 39.4 Å². The number of fused-ring (bicyclic) bond motifs is 1. The van der Waals surface area contributed by atoms with Gasteiger partial charge in [-0.25, -0.2) is 4.98 Å². The van der Waals surface area contributed by atoms with Gasteiger partial charge in [-0.15, -0.1) is 11.3 Å². The van der Waals surface area contributed by atoms with Crippen LogP contribution in [0, 0.1) is 0 Å². The minimum absolute atomic E-state index is 0.0555. The van der Waals surface area contributed by atoms with Gasteiger partial charge in [-0.3, -0.25) is 9.36 Å². The molecule has 0 amide bonds. The third-order valence-electron chi connectivity index (χ3n) is 5.15. The Morgan fingerprint density at radius 1 is 1.25 bits per heavy atom. The van der Waals surface area contributed by atoms with Crippen molar-refractivity contribution in [3.8, 4) is 16.9 Å². The van der Waals surface area contributed by atoms with E-state index in [4.69, 9.17) is 9.72 Å². The lowest BCUT2D eigenvalue weighted by atomic mass is 10.1. The lowest BCUT2D eigenvalue weighted by molar-refractivity contribution is 0.286. The van der Waals surface area contributed by atoms with Crippen LogP contribution >= 0.6 is 11.3 Å². The number of hydrogen-bond acceptors (Lipinski definition) is 5. The molecule has 0 aliphatic rings. The van der Waals surface area contributed by atoms with E-state index >= 15 is 0 Å². The number of thiophene rings is 1. The van der Waals surface area contributed by atoms with E-state index < -0.39 is 0 Å². The fourth-order valence-corrected chi connectivity index (χ4v) is 4.43. The molecule has 0 aliphatic carbocycles. The standard InChI is InChI=1S/C22H29N3O2S/c1-6-24(7-2)11-12-25-20(15(3)4)23-21-19(22(25)26)18(14-28-21)16-9-8-10-17(13-16)27-5/h8-10,13-15H,6-7,11-12H2,1-5H3. The quantitative estimate of drug-likeness (QED) is 0.555. The van der Waals surface area contributed by atoms with Crippen LogP contribution in [0.2, 0.25) is 0 Å². The van der Waals surface area contributed by atoms with Gasteiger partial charge in [0.1, 0.15) is 16.4 Å². The minimum atomic E-state index is 0.0555. The molecule has 0 radical (unpaired) electrons. The van der Waals surface area contributed by atoms with Gasteiger partial charge >= 0.3 is 0 Å². The smallest absolute Gasteiger partial charge is 0.262 e. The van der Waals surface area contributed by atoms with E-state index in [2.05, 4.69) is 32.6 Å². The molecule has 0 fully saturated rings. The van der Waals surface area contributed by atoms with E-state index in [-0.39, 0.29) is 11.5 Å². The second-order valence-corrected chi connectivity index (χ2v) is 8.03. The van der Waals surface area contributed by atoms with Gasteiger partial charge in [0.25, 0.3) is 5.56 Å². The van der Waals surface area contributed by atoms with Crippen LogP contribution in [0.4, 0.5) is 0 Å². The van der Waals surface area contributed by atoms with E-state index in [1.165, 1.54) is 11.3 Å². The summed E-state index contributed by atoms with van der Waals surface area (Å²) in [6, 6.07) is 7.85. The summed E-state index contributed by atoms with van der Waals surface area (Å²) in [6.07, 6.45) is 0. The second kappa shape index (κ2) is 8.88. The lowest BCUT2D eigenvalue weighted by Crippen LogP contribution is -2.33. The predicted octanol–water partition coefficient (Wildman–Crippen LogP) is 4.60. The summed E-state index contributed by atoms with van der Waals surface area (Å²) in [6.45, 7) is 11.9. The highest BCUT2D eigenvalue weighted by atomic mass is 32.1. The molecule has 5 nitrogen and oxygen atoms in total. The number of hydrogen-bond donors (Lipinski definition) is 0. The number of rotatable bonds is 8. The Bertz CT molecular complexity index is 1000. The first-order valence-corrected chi connectivity index (χ1v) is 10.8. The molecule has 0 bridgehead atoms. The summed E-state index contributed by atoms with van der Waals surface area (Å²) < 4.78 is 7.23. The predicted molar refractivity (Wildman–Crippen MR) is 118 cm³/mol. The fourth-order valence-electron chi connectivity index (χ4n) is 3.48. The maximum Gasteiger partial charge on any atom is 0.262 e. The molecule has 2 heterocycles. The van der Waals surface area contributed by atoms with Gasteiger partial charge in [0.05, 0.1) is 12.5 Å². The highest BCUT2D eigenvalue weighted by Gasteiger charge is 2.19. The summed E-state index contributed by atoms with van der Waals surface area (Å²) in [7, 11) is 1.65. The SMILES string of the molecule is CCN(CC)CCn1c(C(C)C)nc2scc(-c3cccc(OC)c3)c2c1=O. The van der Waals surface area contributed by atoms with Crippen molar-refractivity contribution < 1.29 is 4.74 Å². The Kier molecular flexibility index (Phi) is 6.52. The van der Waals surface area contributed by atoms with Crippen LogP contribution in [-0.4, -0.2) is 41.2 Å². The molecule has 3 rings (SSSR count). The molecule has 0 unspecified atom stereocenters. The van der Waals surface area contributed by atoms with Crippen LogP contribution in [0.25, 0.3) is 21.3 Å². The Balaban J connectivity index is 2.14. The first kappa shape index (κ1) is 20.6. The van der Waals surface area contributed by atoms with Gasteiger partial charge in [0.2, 0.25) is 0 Å². The molecule has 150 valence electrons. The van der Waals surface area contributed by atoms with E-state index in [1.54, 1.807) is 7.11 Å². The Labute approximate surface area is 170 Å². The lowest BCUT2D eigenvalue weighted by Gasteiger charge is -2.21. The fraction of sp³-hybridized carbons (Fsp3) is 0.455. The highest BCUT2D eigenvalue weighted by molar-refractivity contribution is 7.17. The van der Waals surface area contributed by atoms with Crippen molar-refractivity contribution in [1.29, 1.82) is 0 Å². The van der Waals surface area contributed by atoms with Crippen molar-refractivity contribution in [3.63, 3.8) is 0 Å². The average molecular weight is 400 g/mol. The van der Waals surface area contributed by atoms with Gasteiger partial charge in [-0.1, -0.05) is 39.8 Å². The van der Waals surface area contributed by atoms with Gasteiger partial charge in [0, 0.05) is 30.0 Å². The van der Waals surface area contributed by atoms with Crippen molar-refractivity contribution in [2.24, 2.45) is 0 Å². The van der Waals surface area contributed by atoms with Crippen molar-refractivity contribution >= 4 is 21.6 Å². The van der Waals surface area contributed by atoms with Crippen LogP contribution in [0.3, 0.4) is 0 Å². The molecule has 28 heavy (non-hydrogen) atoms. The molecular formula is C22H29N3O2S. The zero-order chi connectivity index (χ0) is 20.3. The summed E-state index contributed by atoms with van der Waals surface area (Å²) in [4.78, 5) is 21.6. The van der Waals surface area contributed by atoms with Crippen LogP contribution in [-0.2, 0) is 6.54 Å². The number of aromatic nitrogens is 2. The number of benzene rings is 1. The zero-order valence-electron chi connectivity index (χ0n) is 17.4. The monoisotopic (exact) mass is 399 g/mol. The van der Waals surface area contributed by atoms with Gasteiger partial charge in [-0.05, 0) is 30.8 Å². The third kappa shape index (κ3) is 3.98. The first-order valence-electron chi connectivity index (χ1n) is 9.88. The molecule has 2 aromatic heterocycles. The van der Waals surface area contributed by atoms with Crippen LogP contribution in [0.15, 0.2) is 34.4 Å². The second-order valence-electron chi connectivity index (χ2n) is 7.17. The first-order chi connectivity index (χ1) is 13.5. The molecule has 1 aromatic carbocycles. The van der Waals surface area contributed by atoms with Crippen molar-refractivity contribution in [3.05, 3.63) is 45.8 Å². The molecule has 0 aliphatic heterocycles. The summed E-state index contributed by atoms with van der Waals surface area (Å²) in [5.74, 6) is 1.84. The summed E-state index contributed by atoms with van der Waals surface area (Å²) in [5, 5.41) is 2.74. The number of likely N-dealkylation sites (N-methyl/N-ethyl adjacent to an activating group) is 1. The third-order valence-corrected chi connectivity index (χ3v) is 6.03. The zero-order valence-corrected chi connectivity index (χ0v) is 18.2. The van der Waals surface area contributed by atoms with Crippen molar-refractivity contribution in [2.45, 2.75) is 40.2 Å². The molecule has 0 N–H and O–H groups in total. The molecular weight excluding hydrogens is 370 g/mol. The van der Waals surface area contributed by atoms with Gasteiger partial charge < -0.3 is 9.64 Å². The van der Waals surface area contributed by atoms with E-state index in [1.807, 2.05) is 34.2 Å². The van der Waals surface area contributed by atoms with Crippen molar-refractivity contribution in [2.75, 3.05) is 26.7 Å². The molecule has 0 atom stereocenters. The van der Waals surface area contributed by atoms with E-state index in [9.17, 15) is 4.79 Å². The van der Waals surface area contributed by atoms with E-state index in [0.29, 0.717) is 11.9 Å². The Morgan fingerprint density at radius 2 is 2.00 bits per heavy atom. The Morgan fingerprint density at radius 3 is 2.64 bits per heavy atom. The topological polar surface area (TPSA) is 47.4 Å². The summed E-state index contributed by atoms with van der Waals surface area (Å²) in [5.41, 5.74) is 1.97. The Hall–Kier alpha value is -2.18. The largest absolute Gasteiger partial charge is 0.497 e. The van der Waals surface area contributed by atoms with Crippen LogP contribution < -0.4 is 10.3 Å². The molecule has 0 saturated carbocycles. The number of methoxy groups -OCH3 is 1. The molecule has 3 aromatic rings. The maximum absolute atomic E-state index is 13.5. The summed E-state index contributed by atoms with van der Waals surface area (Å²) >= 11 is 1.53. The van der Waals surface area contributed by atoms with Gasteiger partial charge in [-0.2, -0.15) is 0 Å². The molecule has 0 spiro atoms.